The summed E-state index contributed by atoms with van der Waals surface area (Å²) in [5.74, 6) is -2.28. The van der Waals surface area contributed by atoms with Gasteiger partial charge < -0.3 is 30.2 Å². The van der Waals surface area contributed by atoms with E-state index >= 15 is 4.39 Å². The number of ether oxygens (including phenoxy) is 3. The molecule has 45 heavy (non-hydrogen) atoms. The minimum absolute atomic E-state index is 0.0609. The molecule has 2 aliphatic heterocycles. The number of hydrogen-bond donors (Lipinski definition) is 3. The number of esters is 1. The fourth-order valence-corrected chi connectivity index (χ4v) is 6.89. The molecule has 2 amide bonds. The second kappa shape index (κ2) is 12.5. The molecule has 3 N–H and O–H groups in total. The van der Waals surface area contributed by atoms with Crippen molar-refractivity contribution in [1.82, 2.24) is 5.32 Å². The number of methoxy groups -OCH3 is 1. The Labute approximate surface area is 270 Å². The molecule has 3 aromatic rings. The number of rotatable bonds is 8. The lowest BCUT2D eigenvalue weighted by Gasteiger charge is -2.41. The fourth-order valence-electron chi connectivity index (χ4n) is 6.54. The van der Waals surface area contributed by atoms with Crippen molar-refractivity contribution < 1.29 is 33.0 Å². The summed E-state index contributed by atoms with van der Waals surface area (Å²) in [4.78, 5) is 39.5. The summed E-state index contributed by atoms with van der Waals surface area (Å²) >= 11 is 12.6. The molecule has 1 saturated heterocycles. The van der Waals surface area contributed by atoms with Gasteiger partial charge in [-0.05, 0) is 46.9 Å². The van der Waals surface area contributed by atoms with Gasteiger partial charge in [0.15, 0.2) is 11.5 Å². The predicted molar refractivity (Wildman–Crippen MR) is 170 cm³/mol. The Bertz CT molecular complexity index is 1660. The first-order valence-corrected chi connectivity index (χ1v) is 15.1. The molecule has 0 aromatic heterocycles. The second-order valence-electron chi connectivity index (χ2n) is 12.1. The molecule has 1 unspecified atom stereocenters. The molecular weight excluding hydrogens is 624 g/mol. The van der Waals surface area contributed by atoms with Gasteiger partial charge in [-0.15, -0.1) is 0 Å². The third kappa shape index (κ3) is 5.94. The maximum Gasteiger partial charge on any atom is 0.302 e. The molecule has 0 saturated carbocycles. The van der Waals surface area contributed by atoms with Crippen LogP contribution in [0.25, 0.3) is 0 Å². The van der Waals surface area contributed by atoms with E-state index in [1.165, 1.54) is 20.1 Å². The van der Waals surface area contributed by atoms with Gasteiger partial charge in [0.1, 0.15) is 24.4 Å². The molecule has 238 valence electrons. The van der Waals surface area contributed by atoms with Crippen LogP contribution in [-0.4, -0.2) is 50.2 Å². The van der Waals surface area contributed by atoms with Crippen LogP contribution in [0.4, 0.5) is 15.8 Å². The summed E-state index contributed by atoms with van der Waals surface area (Å²) in [6.45, 7) is 7.36. The van der Waals surface area contributed by atoms with Gasteiger partial charge in [-0.25, -0.2) is 4.39 Å². The highest BCUT2D eigenvalue weighted by Crippen LogP contribution is 2.58. The van der Waals surface area contributed by atoms with Gasteiger partial charge in [0.05, 0.1) is 18.2 Å². The molecule has 12 heteroatoms. The van der Waals surface area contributed by atoms with E-state index in [-0.39, 0.29) is 29.7 Å². The third-order valence-corrected chi connectivity index (χ3v) is 8.75. The number of amides is 2. The molecule has 1 fully saturated rings. The molecule has 3 aromatic carbocycles. The molecule has 0 aliphatic carbocycles. The summed E-state index contributed by atoms with van der Waals surface area (Å²) in [6.07, 6.45) is 0. The normalized spacial score (nSPS) is 22.1. The van der Waals surface area contributed by atoms with Crippen molar-refractivity contribution in [1.29, 1.82) is 0 Å². The van der Waals surface area contributed by atoms with Crippen molar-refractivity contribution in [2.24, 2.45) is 5.41 Å². The molecule has 2 heterocycles. The summed E-state index contributed by atoms with van der Waals surface area (Å²) in [6, 6.07) is 12.8. The number of halogens is 3. The zero-order valence-corrected chi connectivity index (χ0v) is 26.9. The van der Waals surface area contributed by atoms with E-state index in [4.69, 9.17) is 37.4 Å². The molecule has 1 spiro atoms. The predicted octanol–water partition coefficient (Wildman–Crippen LogP) is 6.08. The Hall–Kier alpha value is -3.86. The Morgan fingerprint density at radius 1 is 1.04 bits per heavy atom. The van der Waals surface area contributed by atoms with Crippen LogP contribution >= 0.6 is 23.2 Å². The molecule has 2 aliphatic rings. The topological polar surface area (TPSA) is 115 Å². The second-order valence-corrected chi connectivity index (χ2v) is 13.0. The number of nitrogens with one attached hydrogen (secondary N) is 3. The van der Waals surface area contributed by atoms with E-state index in [0.29, 0.717) is 33.5 Å². The van der Waals surface area contributed by atoms with Gasteiger partial charge in [-0.2, -0.15) is 0 Å². The van der Waals surface area contributed by atoms with Gasteiger partial charge in [0, 0.05) is 41.3 Å². The first-order chi connectivity index (χ1) is 21.3. The lowest BCUT2D eigenvalue weighted by Crippen LogP contribution is -2.54. The molecular formula is C33H34Cl2FN3O6. The molecule has 0 radical (unpaired) electrons. The molecule has 4 atom stereocenters. The standard InChI is InChI=1S/C33H34Cl2FN3O6/c1-17(40)44-13-14-45-24-12-10-19(16-25(24)43-5)37-29(41)28-26(20-7-6-8-22(35)27(20)36)33(30(39-28)32(2,3)4)21-11-9-18(34)15-23(21)38-31(33)42/h6-12,15-16,26,28,30,39H,13-14H2,1-5H3,(H,37,41)(H,38,42)/t26-,28+,30?,33-/m0/s1. The van der Waals surface area contributed by atoms with E-state index < -0.39 is 46.5 Å². The third-order valence-electron chi connectivity index (χ3n) is 8.22. The van der Waals surface area contributed by atoms with Gasteiger partial charge in [-0.1, -0.05) is 62.2 Å². The summed E-state index contributed by atoms with van der Waals surface area (Å²) in [7, 11) is 1.45. The van der Waals surface area contributed by atoms with E-state index in [1.54, 1.807) is 48.5 Å². The van der Waals surface area contributed by atoms with Crippen molar-refractivity contribution in [3.8, 4) is 11.5 Å². The lowest BCUT2D eigenvalue weighted by atomic mass is 9.60. The summed E-state index contributed by atoms with van der Waals surface area (Å²) in [5.41, 5.74) is -0.341. The minimum Gasteiger partial charge on any atom is -0.493 e. The fraction of sp³-hybridized carbons (Fsp3) is 0.364. The van der Waals surface area contributed by atoms with Crippen LogP contribution < -0.4 is 25.4 Å². The van der Waals surface area contributed by atoms with Gasteiger partial charge in [0.2, 0.25) is 11.8 Å². The van der Waals surface area contributed by atoms with Crippen molar-refractivity contribution in [3.05, 3.63) is 81.6 Å². The average molecular weight is 659 g/mol. The number of hydrogen-bond acceptors (Lipinski definition) is 7. The lowest BCUT2D eigenvalue weighted by molar-refractivity contribution is -0.141. The first kappa shape index (κ1) is 32.5. The average Bonchev–Trinajstić information content (AvgIpc) is 3.48. The van der Waals surface area contributed by atoms with E-state index in [0.717, 1.165) is 0 Å². The van der Waals surface area contributed by atoms with Crippen LogP contribution in [0, 0.1) is 11.2 Å². The zero-order chi connectivity index (χ0) is 32.7. The Kier molecular flexibility index (Phi) is 9.04. The maximum atomic E-state index is 16.0. The monoisotopic (exact) mass is 657 g/mol. The number of fused-ring (bicyclic) bond motifs is 2. The number of carbonyl (C=O) groups excluding carboxylic acids is 3. The largest absolute Gasteiger partial charge is 0.493 e. The van der Waals surface area contributed by atoms with Gasteiger partial charge in [0.25, 0.3) is 0 Å². The van der Waals surface area contributed by atoms with Crippen LogP contribution in [0.2, 0.25) is 10.0 Å². The van der Waals surface area contributed by atoms with E-state index in [1.807, 2.05) is 20.8 Å². The number of anilines is 2. The van der Waals surface area contributed by atoms with Gasteiger partial charge >= 0.3 is 5.97 Å². The Morgan fingerprint density at radius 3 is 2.49 bits per heavy atom. The Morgan fingerprint density at radius 2 is 1.80 bits per heavy atom. The van der Waals surface area contributed by atoms with Crippen LogP contribution in [0.15, 0.2) is 54.6 Å². The van der Waals surface area contributed by atoms with Crippen LogP contribution in [0.1, 0.15) is 44.7 Å². The van der Waals surface area contributed by atoms with Crippen molar-refractivity contribution in [2.75, 3.05) is 31.0 Å². The highest BCUT2D eigenvalue weighted by atomic mass is 35.5. The maximum absolute atomic E-state index is 16.0. The molecule has 5 rings (SSSR count). The number of benzene rings is 3. The smallest absolute Gasteiger partial charge is 0.302 e. The zero-order valence-electron chi connectivity index (χ0n) is 25.4. The summed E-state index contributed by atoms with van der Waals surface area (Å²) in [5, 5.41) is 9.61. The first-order valence-electron chi connectivity index (χ1n) is 14.4. The van der Waals surface area contributed by atoms with Crippen molar-refractivity contribution >= 4 is 52.4 Å². The van der Waals surface area contributed by atoms with Gasteiger partial charge in [-0.3, -0.25) is 14.4 Å². The molecule has 0 bridgehead atoms. The summed E-state index contributed by atoms with van der Waals surface area (Å²) < 4.78 is 32.0. The quantitative estimate of drug-likeness (QED) is 0.199. The minimum atomic E-state index is -1.40. The van der Waals surface area contributed by atoms with Crippen molar-refractivity contribution in [2.45, 2.75) is 51.1 Å². The Balaban J connectivity index is 1.57. The SMILES string of the molecule is COc1cc(NC(=O)[C@@H]2NC(C(C)(C)C)[C@@]3(C(=O)Nc4cc(Cl)ccc43)[C@H]2c2cccc(Cl)c2F)ccc1OCCOC(C)=O. The van der Waals surface area contributed by atoms with Crippen LogP contribution in [0.5, 0.6) is 11.5 Å². The van der Waals surface area contributed by atoms with Crippen LogP contribution in [0.3, 0.4) is 0 Å². The van der Waals surface area contributed by atoms with Crippen LogP contribution in [-0.2, 0) is 24.5 Å². The van der Waals surface area contributed by atoms with E-state index in [2.05, 4.69) is 16.0 Å². The highest BCUT2D eigenvalue weighted by molar-refractivity contribution is 6.31. The number of carbonyl (C=O) groups is 3. The molecule has 9 nitrogen and oxygen atoms in total. The van der Waals surface area contributed by atoms with E-state index in [9.17, 15) is 14.4 Å². The van der Waals surface area contributed by atoms with Crippen molar-refractivity contribution in [3.63, 3.8) is 0 Å². The highest BCUT2D eigenvalue weighted by Gasteiger charge is 2.68.